The molecule has 0 aliphatic carbocycles. The van der Waals surface area contributed by atoms with E-state index in [1.807, 2.05) is 6.92 Å². The van der Waals surface area contributed by atoms with Crippen molar-refractivity contribution < 1.29 is 159 Å². The van der Waals surface area contributed by atoms with Crippen molar-refractivity contribution in [3.05, 3.63) is 0 Å². The predicted molar refractivity (Wildman–Crippen MR) is 274 cm³/mol. The van der Waals surface area contributed by atoms with Gasteiger partial charge in [0.2, 0.25) is 0 Å². The van der Waals surface area contributed by atoms with Gasteiger partial charge in [-0.25, -0.2) is 0 Å². The van der Waals surface area contributed by atoms with Gasteiger partial charge in [-0.1, -0.05) is 58.3 Å². The van der Waals surface area contributed by atoms with E-state index >= 15 is 0 Å². The van der Waals surface area contributed by atoms with Gasteiger partial charge >= 0.3 is 5.97 Å². The highest BCUT2D eigenvalue weighted by Gasteiger charge is 2.57. The Kier molecular flexibility index (Phi) is 28.3. The lowest BCUT2D eigenvalue weighted by molar-refractivity contribution is -0.393. The lowest BCUT2D eigenvalue weighted by Gasteiger charge is -2.49. The number of aliphatic hydroxyl groups excluding tert-OH is 18. The van der Waals surface area contributed by atoms with E-state index in [9.17, 15) is 96.7 Å². The Morgan fingerprint density at radius 3 is 1.39 bits per heavy atom. The van der Waals surface area contributed by atoms with Crippen LogP contribution in [0.4, 0.5) is 0 Å². The highest BCUT2D eigenvalue weighted by molar-refractivity contribution is 5.67. The average molecular weight is 1230 g/mol. The number of carboxylic acids is 1. The van der Waals surface area contributed by atoms with E-state index in [0.717, 1.165) is 44.9 Å². The standard InChI is InChI=1S/C52H92O32/c1-4-5-13-23(14-11-9-7-6-8-10-12-22(56)15-28(57)58)76-51-41(71)45(31(61)24(16-53)77-51)84-52-42(72)46(32(62)25(17-54)78-52)83-48-39(69)35(65)43(21(3)75-48)81-50-40(70)36(66)44(26(18-55)79-50)82-49-38(68)34(64)30(60)27(80-49)19-73-47-37(67)33(63)29(59)20(2)74-47/h20-27,29-56,59-72H,4-19H2,1-3H3,(H,57,58)/t20-,21-,22-,23+,24+,25-,26-,27-,29-,30-,31+,32-,33+,34+,35-,36-,37-,38-,39-,40-,41+,42-,43-,44-,45-,46+,47-,48+,49+,50+,51+,52+/m0/s1. The smallest absolute Gasteiger partial charge is 0.305 e. The number of aliphatic hydroxyl groups is 18. The van der Waals surface area contributed by atoms with Gasteiger partial charge < -0.3 is 154 Å². The summed E-state index contributed by atoms with van der Waals surface area (Å²) < 4.78 is 69.2. The minimum absolute atomic E-state index is 0.300. The molecule has 6 fully saturated rings. The fraction of sp³-hybridized carbons (Fsp3) is 0.981. The van der Waals surface area contributed by atoms with Gasteiger partial charge in [0.15, 0.2) is 37.7 Å². The van der Waals surface area contributed by atoms with E-state index in [-0.39, 0.29) is 6.42 Å². The van der Waals surface area contributed by atoms with Crippen LogP contribution in [-0.4, -0.2) is 326 Å². The van der Waals surface area contributed by atoms with Crippen molar-refractivity contribution in [3.8, 4) is 0 Å². The molecule has 0 bridgehead atoms. The zero-order chi connectivity index (χ0) is 61.9. The third kappa shape index (κ3) is 17.8. The molecule has 0 unspecified atom stereocenters. The van der Waals surface area contributed by atoms with Crippen LogP contribution in [0.1, 0.15) is 97.8 Å². The summed E-state index contributed by atoms with van der Waals surface area (Å²) in [6.45, 7) is 1.37. The second-order valence-electron chi connectivity index (χ2n) is 22.6. The molecule has 6 aliphatic rings. The zero-order valence-corrected chi connectivity index (χ0v) is 47.1. The molecule has 0 aromatic rings. The number of ether oxygens (including phenoxy) is 12. The Labute approximate surface area is 484 Å². The lowest BCUT2D eigenvalue weighted by atomic mass is 9.95. The molecular formula is C52H92O32. The first-order valence-corrected chi connectivity index (χ1v) is 28.9. The van der Waals surface area contributed by atoms with Crippen LogP contribution in [0.3, 0.4) is 0 Å². The van der Waals surface area contributed by atoms with Crippen molar-refractivity contribution in [1.29, 1.82) is 0 Å². The lowest BCUT2D eigenvalue weighted by Crippen LogP contribution is -2.67. The summed E-state index contributed by atoms with van der Waals surface area (Å²) in [6, 6.07) is 0. The maximum Gasteiger partial charge on any atom is 0.305 e. The quantitative estimate of drug-likeness (QED) is 0.0297. The molecule has 492 valence electrons. The summed E-state index contributed by atoms with van der Waals surface area (Å²) in [5, 5.41) is 204. The van der Waals surface area contributed by atoms with Crippen LogP contribution in [0.15, 0.2) is 0 Å². The highest BCUT2D eigenvalue weighted by Crippen LogP contribution is 2.37. The van der Waals surface area contributed by atoms with E-state index in [1.54, 1.807) is 0 Å². The van der Waals surface area contributed by atoms with Crippen LogP contribution in [-0.2, 0) is 61.6 Å². The summed E-state index contributed by atoms with van der Waals surface area (Å²) in [7, 11) is 0. The minimum Gasteiger partial charge on any atom is -0.481 e. The Morgan fingerprint density at radius 2 is 0.821 bits per heavy atom. The molecule has 6 heterocycles. The molecule has 6 rings (SSSR count). The monoisotopic (exact) mass is 1230 g/mol. The van der Waals surface area contributed by atoms with E-state index < -0.39 is 229 Å². The van der Waals surface area contributed by atoms with Crippen molar-refractivity contribution >= 4 is 5.97 Å². The Balaban J connectivity index is 1.04. The number of unbranched alkanes of at least 4 members (excludes halogenated alkanes) is 6. The van der Waals surface area contributed by atoms with Crippen LogP contribution < -0.4 is 0 Å². The number of hydrogen-bond donors (Lipinski definition) is 19. The van der Waals surface area contributed by atoms with Crippen molar-refractivity contribution in [3.63, 3.8) is 0 Å². The molecule has 0 aromatic carbocycles. The van der Waals surface area contributed by atoms with Gasteiger partial charge in [-0.15, -0.1) is 0 Å². The first-order valence-electron chi connectivity index (χ1n) is 28.9. The van der Waals surface area contributed by atoms with Gasteiger partial charge in [0.05, 0.1) is 57.3 Å². The molecule has 6 saturated heterocycles. The normalized spacial score (nSPS) is 45.7. The molecule has 19 N–H and O–H groups in total. The third-order valence-electron chi connectivity index (χ3n) is 16.2. The molecule has 6 aliphatic heterocycles. The molecule has 0 amide bonds. The number of carboxylic acid groups (broad SMARTS) is 1. The fourth-order valence-electron chi connectivity index (χ4n) is 11.1. The Hall–Kier alpha value is -1.73. The second kappa shape index (κ2) is 33.4. The maximum absolute atomic E-state index is 11.7. The molecule has 0 aromatic heterocycles. The largest absolute Gasteiger partial charge is 0.481 e. The van der Waals surface area contributed by atoms with Crippen molar-refractivity contribution in [2.75, 3.05) is 26.4 Å². The molecule has 84 heavy (non-hydrogen) atoms. The summed E-state index contributed by atoms with van der Waals surface area (Å²) >= 11 is 0. The summed E-state index contributed by atoms with van der Waals surface area (Å²) in [5.74, 6) is -1.06. The fourth-order valence-corrected chi connectivity index (χ4v) is 11.1. The van der Waals surface area contributed by atoms with E-state index in [1.165, 1.54) is 13.8 Å². The van der Waals surface area contributed by atoms with Crippen LogP contribution in [0.25, 0.3) is 0 Å². The molecule has 0 spiro atoms. The molecule has 32 nitrogen and oxygen atoms in total. The zero-order valence-electron chi connectivity index (χ0n) is 47.1. The van der Waals surface area contributed by atoms with Gasteiger partial charge in [0.1, 0.15) is 134 Å². The van der Waals surface area contributed by atoms with Gasteiger partial charge in [0, 0.05) is 0 Å². The van der Waals surface area contributed by atoms with E-state index in [2.05, 4.69) is 0 Å². The number of hydrogen-bond acceptors (Lipinski definition) is 31. The summed E-state index contributed by atoms with van der Waals surface area (Å²) in [4.78, 5) is 10.8. The third-order valence-corrected chi connectivity index (χ3v) is 16.2. The SMILES string of the molecule is CCCC[C@H](CCCCCCCC[C@H](O)CC(=O)O)O[C@@H]1O[C@H](CO)[C@@H](O)[C@H](O[C@H]2O[C@@H](CO)[C@H](O)[C@@H](O[C@H]3O[C@@H](C)[C@H](O[C@H]4O[C@@H](CO)[C@H](O[C@H]5O[C@@H](CO[C@H]6O[C@@H](C)[C@H](O)[C@@H](O)[C@@H]6O)[C@H](O)[C@@H](O)[C@@H]5O)[C@@H](O)[C@@H]4O)[C@@H](O)[C@@H]3O)[C@@H]2O)[C@H]1O. The Bertz CT molecular complexity index is 1900. The van der Waals surface area contributed by atoms with Crippen LogP contribution >= 0.6 is 0 Å². The van der Waals surface area contributed by atoms with Crippen LogP contribution in [0.5, 0.6) is 0 Å². The number of aliphatic carboxylic acids is 1. The maximum atomic E-state index is 11.7. The molecule has 0 radical (unpaired) electrons. The number of carbonyl (C=O) groups is 1. The van der Waals surface area contributed by atoms with Crippen molar-refractivity contribution in [2.45, 2.75) is 294 Å². The van der Waals surface area contributed by atoms with E-state index in [4.69, 9.17) is 61.9 Å². The van der Waals surface area contributed by atoms with E-state index in [0.29, 0.717) is 25.7 Å². The van der Waals surface area contributed by atoms with Gasteiger partial charge in [-0.05, 0) is 33.1 Å². The molecule has 0 saturated carbocycles. The number of rotatable bonds is 30. The average Bonchev–Trinajstić information content (AvgIpc) is 1.69. The van der Waals surface area contributed by atoms with Crippen LogP contribution in [0, 0.1) is 0 Å². The first-order chi connectivity index (χ1) is 39.9. The topological polar surface area (TPSA) is 512 Å². The van der Waals surface area contributed by atoms with Gasteiger partial charge in [-0.2, -0.15) is 0 Å². The van der Waals surface area contributed by atoms with Gasteiger partial charge in [0.25, 0.3) is 0 Å². The summed E-state index contributed by atoms with van der Waals surface area (Å²) in [5.41, 5.74) is 0. The predicted octanol–water partition coefficient (Wildman–Crippen LogP) is -7.51. The van der Waals surface area contributed by atoms with Gasteiger partial charge in [-0.3, -0.25) is 4.79 Å². The van der Waals surface area contributed by atoms with Crippen molar-refractivity contribution in [1.82, 2.24) is 0 Å². The minimum atomic E-state index is -2.10. The van der Waals surface area contributed by atoms with Crippen LogP contribution in [0.2, 0.25) is 0 Å². The molecular weight excluding hydrogens is 1140 g/mol. The molecule has 32 heteroatoms. The molecule has 32 atom stereocenters. The second-order valence-corrected chi connectivity index (χ2v) is 22.6. The first kappa shape index (κ1) is 71.3. The highest BCUT2D eigenvalue weighted by atomic mass is 16.8. The summed E-state index contributed by atoms with van der Waals surface area (Å²) in [6.07, 6.45) is -46.5. The Morgan fingerprint density at radius 1 is 0.405 bits per heavy atom. The van der Waals surface area contributed by atoms with Crippen molar-refractivity contribution in [2.24, 2.45) is 0 Å².